The molecule has 3 fully saturated rings. The number of piperazine rings is 1. The van der Waals surface area contributed by atoms with Gasteiger partial charge in [-0.2, -0.15) is 0 Å². The molecule has 0 saturated carbocycles. The maximum absolute atomic E-state index is 14.2. The van der Waals surface area contributed by atoms with Gasteiger partial charge in [-0.05, 0) is 30.4 Å². The third-order valence-electron chi connectivity index (χ3n) is 6.90. The van der Waals surface area contributed by atoms with E-state index >= 15 is 0 Å². The number of carbonyl (C=O) groups is 1. The van der Waals surface area contributed by atoms with Crippen molar-refractivity contribution in [1.29, 1.82) is 0 Å². The van der Waals surface area contributed by atoms with Crippen molar-refractivity contribution in [3.63, 3.8) is 0 Å². The van der Waals surface area contributed by atoms with Crippen LogP contribution < -0.4 is 10.6 Å². The van der Waals surface area contributed by atoms with Gasteiger partial charge in [-0.3, -0.25) is 13.9 Å². The summed E-state index contributed by atoms with van der Waals surface area (Å²) in [5.74, 6) is -3.52. The summed E-state index contributed by atoms with van der Waals surface area (Å²) in [7, 11) is 1.70. The van der Waals surface area contributed by atoms with E-state index in [9.17, 15) is 22.8 Å². The van der Waals surface area contributed by atoms with E-state index in [4.69, 9.17) is 4.98 Å². The van der Waals surface area contributed by atoms with E-state index in [1.54, 1.807) is 16.2 Å². The Hall–Kier alpha value is -3.30. The van der Waals surface area contributed by atoms with Crippen molar-refractivity contribution in [3.8, 4) is 0 Å². The van der Waals surface area contributed by atoms with Crippen LogP contribution in [0.4, 0.5) is 19.0 Å². The van der Waals surface area contributed by atoms with Gasteiger partial charge in [0.05, 0.1) is 5.52 Å². The molecule has 3 aliphatic heterocycles. The fourth-order valence-corrected chi connectivity index (χ4v) is 5.30. The van der Waals surface area contributed by atoms with Gasteiger partial charge in [0.2, 0.25) is 0 Å². The molecule has 10 heteroatoms. The van der Waals surface area contributed by atoms with Gasteiger partial charge < -0.3 is 9.80 Å². The number of fused-ring (bicyclic) bond motifs is 4. The SMILES string of the molecule is Cn1c(=O)n(CC(C)(C)C)c2ccc(N3CC4CCC3CN4C(=O)c3c(F)cc(F)cc3F)nc21. The third kappa shape index (κ3) is 3.98. The number of hydrogen-bond donors (Lipinski definition) is 0. The zero-order valence-corrected chi connectivity index (χ0v) is 20.2. The van der Waals surface area contributed by atoms with Crippen LogP contribution in [0.25, 0.3) is 11.2 Å². The van der Waals surface area contributed by atoms with Gasteiger partial charge in [0.25, 0.3) is 5.91 Å². The lowest BCUT2D eigenvalue weighted by Crippen LogP contribution is -2.64. The Kier molecular flexibility index (Phi) is 5.45. The Balaban J connectivity index is 1.43. The predicted octanol–water partition coefficient (Wildman–Crippen LogP) is 3.69. The Morgan fingerprint density at radius 1 is 1.06 bits per heavy atom. The van der Waals surface area contributed by atoms with Gasteiger partial charge in [-0.1, -0.05) is 20.8 Å². The highest BCUT2D eigenvalue weighted by Gasteiger charge is 2.43. The molecule has 3 saturated heterocycles. The van der Waals surface area contributed by atoms with E-state index in [0.717, 1.165) is 11.9 Å². The van der Waals surface area contributed by atoms with Crippen molar-refractivity contribution < 1.29 is 18.0 Å². The Bertz CT molecular complexity index is 1370. The van der Waals surface area contributed by atoms with Crippen LogP contribution in [0.2, 0.25) is 0 Å². The van der Waals surface area contributed by atoms with E-state index in [-0.39, 0.29) is 29.7 Å². The van der Waals surface area contributed by atoms with Crippen molar-refractivity contribution in [2.75, 3.05) is 18.0 Å². The minimum atomic E-state index is -1.20. The standard InChI is InChI=1S/C25H28F3N5O2/c1-25(2,3)13-33-19-7-8-20(29-22(19)30(4)24(33)35)31-11-16-6-5-15(31)12-32(16)23(34)21-17(27)9-14(26)10-18(21)28/h7-10,15-16H,5-6,11-13H2,1-4H3. The van der Waals surface area contributed by atoms with Gasteiger partial charge in [0.15, 0.2) is 5.65 Å². The monoisotopic (exact) mass is 487 g/mol. The lowest BCUT2D eigenvalue weighted by Gasteiger charge is -2.52. The molecule has 3 aromatic rings. The summed E-state index contributed by atoms with van der Waals surface area (Å²) < 4.78 is 45.1. The molecule has 1 amide bonds. The maximum atomic E-state index is 14.2. The molecular weight excluding hydrogens is 459 g/mol. The van der Waals surface area contributed by atoms with Crippen LogP contribution in [0.15, 0.2) is 29.1 Å². The number of aryl methyl sites for hydroxylation is 1. The molecule has 0 N–H and O–H groups in total. The number of nitrogens with zero attached hydrogens (tertiary/aromatic N) is 5. The predicted molar refractivity (Wildman–Crippen MR) is 126 cm³/mol. The molecule has 5 heterocycles. The molecule has 6 rings (SSSR count). The number of pyridine rings is 1. The number of hydrogen-bond acceptors (Lipinski definition) is 4. The first-order valence-corrected chi connectivity index (χ1v) is 11.7. The number of carbonyl (C=O) groups excluding carboxylic acids is 1. The molecule has 0 aliphatic carbocycles. The number of anilines is 1. The van der Waals surface area contributed by atoms with Gasteiger partial charge in [0.1, 0.15) is 28.8 Å². The number of imidazole rings is 1. The fraction of sp³-hybridized carbons (Fsp3) is 0.480. The van der Waals surface area contributed by atoms with E-state index in [2.05, 4.69) is 25.7 Å². The van der Waals surface area contributed by atoms with Crippen LogP contribution in [-0.2, 0) is 13.6 Å². The molecule has 186 valence electrons. The quantitative estimate of drug-likeness (QED) is 0.566. The highest BCUT2D eigenvalue weighted by molar-refractivity contribution is 5.95. The lowest BCUT2D eigenvalue weighted by atomic mass is 9.90. The van der Waals surface area contributed by atoms with Crippen LogP contribution in [0.5, 0.6) is 0 Å². The minimum absolute atomic E-state index is 0.0811. The van der Waals surface area contributed by atoms with E-state index in [1.807, 2.05) is 12.1 Å². The second-order valence-electron chi connectivity index (χ2n) is 10.7. The van der Waals surface area contributed by atoms with Gasteiger partial charge in [0, 0.05) is 50.9 Å². The van der Waals surface area contributed by atoms with E-state index in [0.29, 0.717) is 43.1 Å². The second kappa shape index (κ2) is 8.13. The molecule has 0 spiro atoms. The summed E-state index contributed by atoms with van der Waals surface area (Å²) in [6, 6.07) is 4.49. The Morgan fingerprint density at radius 3 is 2.31 bits per heavy atom. The zero-order valence-electron chi connectivity index (χ0n) is 20.2. The largest absolute Gasteiger partial charge is 0.350 e. The summed E-state index contributed by atoms with van der Waals surface area (Å²) in [6.45, 7) is 7.51. The molecular formula is C25H28F3N5O2. The third-order valence-corrected chi connectivity index (χ3v) is 6.90. The van der Waals surface area contributed by atoms with Crippen molar-refractivity contribution in [2.24, 2.45) is 12.5 Å². The van der Waals surface area contributed by atoms with E-state index in [1.165, 1.54) is 4.90 Å². The number of halogens is 3. The molecule has 2 unspecified atom stereocenters. The Morgan fingerprint density at radius 2 is 1.71 bits per heavy atom. The first kappa shape index (κ1) is 23.4. The van der Waals surface area contributed by atoms with Crippen LogP contribution >= 0.6 is 0 Å². The number of piperidine rings is 2. The van der Waals surface area contributed by atoms with Gasteiger partial charge >= 0.3 is 5.69 Å². The first-order valence-electron chi connectivity index (χ1n) is 11.7. The van der Waals surface area contributed by atoms with Crippen LogP contribution in [0.1, 0.15) is 44.0 Å². The summed E-state index contributed by atoms with van der Waals surface area (Å²) >= 11 is 0. The lowest BCUT2D eigenvalue weighted by molar-refractivity contribution is 0.0494. The molecule has 2 atom stereocenters. The first-order chi connectivity index (χ1) is 16.4. The fourth-order valence-electron chi connectivity index (χ4n) is 5.30. The molecule has 7 nitrogen and oxygen atoms in total. The van der Waals surface area contributed by atoms with Crippen molar-refractivity contribution in [1.82, 2.24) is 19.0 Å². The molecule has 0 radical (unpaired) electrons. The molecule has 2 bridgehead atoms. The second-order valence-corrected chi connectivity index (χ2v) is 10.7. The number of rotatable bonds is 3. The molecule has 2 aromatic heterocycles. The average molecular weight is 488 g/mol. The topological polar surface area (TPSA) is 63.4 Å². The summed E-state index contributed by atoms with van der Waals surface area (Å²) in [6.07, 6.45) is 1.49. The highest BCUT2D eigenvalue weighted by Crippen LogP contribution is 2.34. The van der Waals surface area contributed by atoms with Gasteiger partial charge in [-0.15, -0.1) is 0 Å². The molecule has 35 heavy (non-hydrogen) atoms. The number of benzene rings is 1. The smallest absolute Gasteiger partial charge is 0.330 e. The summed E-state index contributed by atoms with van der Waals surface area (Å²) in [4.78, 5) is 34.2. The Labute approximate surface area is 200 Å². The number of amides is 1. The van der Waals surface area contributed by atoms with Crippen molar-refractivity contribution in [2.45, 2.75) is 52.2 Å². The highest BCUT2D eigenvalue weighted by atomic mass is 19.1. The van der Waals surface area contributed by atoms with E-state index < -0.39 is 28.9 Å². The zero-order chi connectivity index (χ0) is 25.2. The maximum Gasteiger partial charge on any atom is 0.330 e. The van der Waals surface area contributed by atoms with Crippen LogP contribution in [0, 0.1) is 22.9 Å². The van der Waals surface area contributed by atoms with Crippen molar-refractivity contribution in [3.05, 3.63) is 57.8 Å². The average Bonchev–Trinajstić information content (AvgIpc) is 3.01. The molecule has 1 aromatic carbocycles. The van der Waals surface area contributed by atoms with Crippen molar-refractivity contribution >= 4 is 22.9 Å². The number of aromatic nitrogens is 3. The normalized spacial score (nSPS) is 20.2. The van der Waals surface area contributed by atoms with Crippen LogP contribution in [-0.4, -0.2) is 50.1 Å². The minimum Gasteiger partial charge on any atom is -0.350 e. The summed E-state index contributed by atoms with van der Waals surface area (Å²) in [5, 5.41) is 0. The molecule has 3 aliphatic rings. The van der Waals surface area contributed by atoms with Crippen LogP contribution in [0.3, 0.4) is 0 Å². The summed E-state index contributed by atoms with van der Waals surface area (Å²) in [5.41, 5.74) is 0.418. The van der Waals surface area contributed by atoms with Gasteiger partial charge in [-0.25, -0.2) is 22.9 Å².